The van der Waals surface area contributed by atoms with Gasteiger partial charge in [0.25, 0.3) is 0 Å². The summed E-state index contributed by atoms with van der Waals surface area (Å²) in [5.74, 6) is -1.12. The van der Waals surface area contributed by atoms with E-state index in [2.05, 4.69) is 20.8 Å². The number of aryl methyl sites for hydroxylation is 1. The number of urea groups is 1. The quantitative estimate of drug-likeness (QED) is 0.784. The molecule has 0 aliphatic heterocycles. The highest BCUT2D eigenvalue weighted by Crippen LogP contribution is 2.20. The zero-order valence-corrected chi connectivity index (χ0v) is 12.1. The van der Waals surface area contributed by atoms with Crippen LogP contribution in [0.15, 0.2) is 17.5 Å². The summed E-state index contributed by atoms with van der Waals surface area (Å²) in [5, 5.41) is 24.6. The maximum atomic E-state index is 11.8. The third-order valence-corrected chi connectivity index (χ3v) is 4.26. The van der Waals surface area contributed by atoms with Gasteiger partial charge in [0.1, 0.15) is 5.01 Å². The first kappa shape index (κ1) is 14.4. The highest BCUT2D eigenvalue weighted by Gasteiger charge is 2.23. The number of carboxylic acid groups (broad SMARTS) is 1. The maximum Gasteiger partial charge on any atom is 0.331 e. The number of carbonyl (C=O) groups is 2. The van der Waals surface area contributed by atoms with Crippen LogP contribution in [0.5, 0.6) is 0 Å². The standard InChI is InChI=1S/C11H12N4O3S2/c1-2-7-14-15-11(20-7)13-10(18)12-8(9(16)17)6-4-3-5-19-6/h3-5,8H,2H2,1H3,(H,16,17)(H2,12,13,15,18). The number of thiophene rings is 1. The molecular weight excluding hydrogens is 300 g/mol. The molecular formula is C11H12N4O3S2. The fraction of sp³-hybridized carbons (Fsp3) is 0.273. The minimum absolute atomic E-state index is 0.342. The van der Waals surface area contributed by atoms with Crippen LogP contribution in [-0.4, -0.2) is 27.3 Å². The van der Waals surface area contributed by atoms with Gasteiger partial charge in [-0.2, -0.15) is 0 Å². The number of aliphatic carboxylic acids is 1. The van der Waals surface area contributed by atoms with Gasteiger partial charge in [0.15, 0.2) is 6.04 Å². The minimum Gasteiger partial charge on any atom is -0.479 e. The third-order valence-electron chi connectivity index (χ3n) is 2.34. The van der Waals surface area contributed by atoms with Crippen molar-refractivity contribution in [1.29, 1.82) is 0 Å². The number of amides is 2. The van der Waals surface area contributed by atoms with Crippen LogP contribution < -0.4 is 10.6 Å². The molecule has 0 aliphatic carbocycles. The first-order valence-electron chi connectivity index (χ1n) is 5.76. The number of aromatic nitrogens is 2. The molecule has 7 nitrogen and oxygen atoms in total. The molecule has 0 saturated heterocycles. The molecule has 3 N–H and O–H groups in total. The molecule has 2 heterocycles. The maximum absolute atomic E-state index is 11.8. The van der Waals surface area contributed by atoms with Crippen molar-refractivity contribution in [2.75, 3.05) is 5.32 Å². The molecule has 0 saturated carbocycles. The molecule has 0 spiro atoms. The fourth-order valence-electron chi connectivity index (χ4n) is 1.42. The SMILES string of the molecule is CCc1nnc(NC(=O)NC(C(=O)O)c2cccs2)s1. The van der Waals surface area contributed by atoms with Crippen molar-refractivity contribution in [2.24, 2.45) is 0 Å². The van der Waals surface area contributed by atoms with Crippen LogP contribution in [-0.2, 0) is 11.2 Å². The predicted molar refractivity (Wildman–Crippen MR) is 76.1 cm³/mol. The van der Waals surface area contributed by atoms with E-state index in [0.717, 1.165) is 11.4 Å². The second-order valence-corrected chi connectivity index (χ2v) is 5.78. The molecule has 0 aliphatic rings. The number of carbonyl (C=O) groups excluding carboxylic acids is 1. The summed E-state index contributed by atoms with van der Waals surface area (Å²) < 4.78 is 0. The Kier molecular flexibility index (Phi) is 4.64. The van der Waals surface area contributed by atoms with Crippen LogP contribution >= 0.6 is 22.7 Å². The molecule has 2 amide bonds. The van der Waals surface area contributed by atoms with Gasteiger partial charge in [-0.05, 0) is 17.9 Å². The lowest BCUT2D eigenvalue weighted by Gasteiger charge is -2.12. The van der Waals surface area contributed by atoms with Gasteiger partial charge in [-0.3, -0.25) is 5.32 Å². The second kappa shape index (κ2) is 6.44. The van der Waals surface area contributed by atoms with E-state index in [-0.39, 0.29) is 0 Å². The van der Waals surface area contributed by atoms with E-state index in [4.69, 9.17) is 5.11 Å². The Hall–Kier alpha value is -2.00. The van der Waals surface area contributed by atoms with Crippen molar-refractivity contribution in [3.8, 4) is 0 Å². The first-order chi connectivity index (χ1) is 9.60. The van der Waals surface area contributed by atoms with Crippen LogP contribution in [0, 0.1) is 0 Å². The van der Waals surface area contributed by atoms with Gasteiger partial charge in [-0.1, -0.05) is 24.3 Å². The second-order valence-electron chi connectivity index (χ2n) is 3.74. The number of anilines is 1. The minimum atomic E-state index is -1.12. The normalized spacial score (nSPS) is 11.8. The molecule has 2 rings (SSSR count). The number of hydrogen-bond donors (Lipinski definition) is 3. The predicted octanol–water partition coefficient (Wildman–Crippen LogP) is 2.11. The zero-order chi connectivity index (χ0) is 14.5. The smallest absolute Gasteiger partial charge is 0.331 e. The van der Waals surface area contributed by atoms with E-state index in [1.54, 1.807) is 17.5 Å². The Morgan fingerprint density at radius 1 is 1.45 bits per heavy atom. The van der Waals surface area contributed by atoms with Gasteiger partial charge >= 0.3 is 12.0 Å². The largest absolute Gasteiger partial charge is 0.479 e. The topological polar surface area (TPSA) is 104 Å². The molecule has 1 atom stereocenters. The van der Waals surface area contributed by atoms with E-state index >= 15 is 0 Å². The number of rotatable bonds is 5. The summed E-state index contributed by atoms with van der Waals surface area (Å²) in [6.45, 7) is 1.93. The molecule has 9 heteroatoms. The van der Waals surface area contributed by atoms with Crippen molar-refractivity contribution in [1.82, 2.24) is 15.5 Å². The van der Waals surface area contributed by atoms with E-state index in [1.165, 1.54) is 22.7 Å². The van der Waals surface area contributed by atoms with Gasteiger partial charge in [-0.25, -0.2) is 9.59 Å². The molecule has 106 valence electrons. The van der Waals surface area contributed by atoms with Crippen molar-refractivity contribution in [2.45, 2.75) is 19.4 Å². The van der Waals surface area contributed by atoms with Crippen LogP contribution in [0.25, 0.3) is 0 Å². The molecule has 2 aromatic rings. The van der Waals surface area contributed by atoms with Crippen LogP contribution in [0.2, 0.25) is 0 Å². The highest BCUT2D eigenvalue weighted by atomic mass is 32.1. The van der Waals surface area contributed by atoms with E-state index < -0.39 is 18.0 Å². The third kappa shape index (κ3) is 3.52. The van der Waals surface area contributed by atoms with Crippen molar-refractivity contribution in [3.05, 3.63) is 27.4 Å². The summed E-state index contributed by atoms with van der Waals surface area (Å²) in [6.07, 6.45) is 0.730. The Morgan fingerprint density at radius 2 is 2.25 bits per heavy atom. The zero-order valence-electron chi connectivity index (χ0n) is 10.5. The van der Waals surface area contributed by atoms with Gasteiger partial charge in [0, 0.05) is 4.88 Å². The average molecular weight is 312 g/mol. The fourth-order valence-corrected chi connectivity index (χ4v) is 2.86. The van der Waals surface area contributed by atoms with Crippen LogP contribution in [0.1, 0.15) is 22.9 Å². The molecule has 0 aromatic carbocycles. The summed E-state index contributed by atoms with van der Waals surface area (Å²) in [6, 6.07) is 1.69. The first-order valence-corrected chi connectivity index (χ1v) is 7.46. The molecule has 2 aromatic heterocycles. The Morgan fingerprint density at radius 3 is 2.80 bits per heavy atom. The Bertz CT molecular complexity index is 597. The van der Waals surface area contributed by atoms with E-state index in [1.807, 2.05) is 6.92 Å². The average Bonchev–Trinajstić information content (AvgIpc) is 3.06. The lowest BCUT2D eigenvalue weighted by atomic mass is 10.2. The van der Waals surface area contributed by atoms with Gasteiger partial charge < -0.3 is 10.4 Å². The number of carboxylic acids is 1. The molecule has 20 heavy (non-hydrogen) atoms. The van der Waals surface area contributed by atoms with Gasteiger partial charge in [-0.15, -0.1) is 21.5 Å². The number of nitrogens with one attached hydrogen (secondary N) is 2. The summed E-state index contributed by atoms with van der Waals surface area (Å²) in [4.78, 5) is 23.5. The van der Waals surface area contributed by atoms with Crippen LogP contribution in [0.4, 0.5) is 9.93 Å². The lowest BCUT2D eigenvalue weighted by Crippen LogP contribution is -2.36. The summed E-state index contributed by atoms with van der Waals surface area (Å²) >= 11 is 2.52. The molecule has 1 unspecified atom stereocenters. The van der Waals surface area contributed by atoms with Crippen molar-refractivity contribution < 1.29 is 14.7 Å². The van der Waals surface area contributed by atoms with Gasteiger partial charge in [0.05, 0.1) is 0 Å². The van der Waals surface area contributed by atoms with E-state index in [0.29, 0.717) is 10.0 Å². The van der Waals surface area contributed by atoms with Crippen LogP contribution in [0.3, 0.4) is 0 Å². The monoisotopic (exact) mass is 312 g/mol. The summed E-state index contributed by atoms with van der Waals surface area (Å²) in [7, 11) is 0. The Balaban J connectivity index is 2.00. The molecule has 0 fully saturated rings. The number of hydrogen-bond acceptors (Lipinski definition) is 6. The highest BCUT2D eigenvalue weighted by molar-refractivity contribution is 7.15. The Labute approximate surface area is 122 Å². The lowest BCUT2D eigenvalue weighted by molar-refractivity contribution is -0.139. The van der Waals surface area contributed by atoms with E-state index in [9.17, 15) is 9.59 Å². The summed E-state index contributed by atoms with van der Waals surface area (Å²) in [5.41, 5.74) is 0. The van der Waals surface area contributed by atoms with Gasteiger partial charge in [0.2, 0.25) is 5.13 Å². The molecule has 0 bridgehead atoms. The number of nitrogens with zero attached hydrogens (tertiary/aromatic N) is 2. The molecule has 0 radical (unpaired) electrons. The van der Waals surface area contributed by atoms with Crippen molar-refractivity contribution in [3.63, 3.8) is 0 Å². The van der Waals surface area contributed by atoms with Crippen molar-refractivity contribution >= 4 is 39.8 Å².